The van der Waals surface area contributed by atoms with Crippen molar-refractivity contribution in [3.05, 3.63) is 23.4 Å². The van der Waals surface area contributed by atoms with Gasteiger partial charge in [0.25, 0.3) is 24.2 Å². The van der Waals surface area contributed by atoms with Crippen molar-refractivity contribution in [1.82, 2.24) is 15.2 Å². The molecular weight excluding hydrogens is 595 g/mol. The monoisotopic (exact) mass is 627 g/mol. The zero-order valence-electron chi connectivity index (χ0n) is 23.3. The molecule has 0 spiro atoms. The molecule has 1 aromatic heterocycles. The minimum absolute atomic E-state index is 0.218. The van der Waals surface area contributed by atoms with E-state index in [0.717, 1.165) is 11.1 Å². The van der Waals surface area contributed by atoms with E-state index in [-0.39, 0.29) is 31.5 Å². The van der Waals surface area contributed by atoms with Gasteiger partial charge in [0.2, 0.25) is 0 Å². The second kappa shape index (κ2) is 12.0. The average molecular weight is 628 g/mol. The highest BCUT2D eigenvalue weighted by Crippen LogP contribution is 2.47. The fraction of sp³-hybridized carbons (Fsp3) is 0.654. The highest BCUT2D eigenvalue weighted by atomic mass is 32.1. The van der Waals surface area contributed by atoms with Crippen LogP contribution in [0.5, 0.6) is 0 Å². The normalized spacial score (nSPS) is 21.1. The molecule has 0 aromatic carbocycles. The zero-order valence-corrected chi connectivity index (χ0v) is 24.1. The third-order valence-electron chi connectivity index (χ3n) is 7.18. The minimum atomic E-state index is -4.67. The summed E-state index contributed by atoms with van der Waals surface area (Å²) in [6.07, 6.45) is -8.13. The van der Waals surface area contributed by atoms with E-state index in [1.807, 2.05) is 0 Å². The molecule has 234 valence electrons. The maximum atomic E-state index is 14.2. The van der Waals surface area contributed by atoms with Gasteiger partial charge in [-0.2, -0.15) is 13.2 Å². The van der Waals surface area contributed by atoms with Gasteiger partial charge in [0.1, 0.15) is 11.4 Å². The number of carbonyl (C=O) groups excluding carboxylic acids is 2. The summed E-state index contributed by atoms with van der Waals surface area (Å²) in [5, 5.41) is 14.4. The first-order valence-corrected chi connectivity index (χ1v) is 13.5. The molecule has 3 rings (SSSR count). The van der Waals surface area contributed by atoms with Crippen LogP contribution >= 0.6 is 12.2 Å². The highest BCUT2D eigenvalue weighted by molar-refractivity contribution is 7.81. The van der Waals surface area contributed by atoms with Gasteiger partial charge in [0.05, 0.1) is 22.7 Å². The number of pyridine rings is 1. The number of halogens is 7. The van der Waals surface area contributed by atoms with Crippen LogP contribution in [-0.4, -0.2) is 85.8 Å². The Balaban J connectivity index is 2.01. The van der Waals surface area contributed by atoms with Gasteiger partial charge in [-0.05, 0) is 53.0 Å². The summed E-state index contributed by atoms with van der Waals surface area (Å²) in [6.45, 7) is 4.15. The summed E-state index contributed by atoms with van der Waals surface area (Å²) in [5.41, 5.74) is -5.36. The number of aromatic nitrogens is 1. The summed E-state index contributed by atoms with van der Waals surface area (Å²) >= 11 is 5.34. The van der Waals surface area contributed by atoms with Gasteiger partial charge in [-0.3, -0.25) is 14.6 Å². The standard InChI is InChI=1S/C26H32F7N5O3S/c1-13-9-25(29,30)12-38(13)22(40)18(36-14(2)21(39)35-11-23(3,4)41)19(42)16-10-34-17(8-15(16)20(27)28)37-24(6-5-7-24)26(31,32)33/h8,10,13,18,20,41H,5-7,9,11-12H2,1-4H3,(H,34,37)(H,35,39)/t13-,18?/m0/s1. The largest absolute Gasteiger partial charge is 0.411 e. The van der Waals surface area contributed by atoms with Crippen molar-refractivity contribution < 1.29 is 45.4 Å². The van der Waals surface area contributed by atoms with E-state index >= 15 is 0 Å². The predicted octanol–water partition coefficient (Wildman–Crippen LogP) is 4.61. The van der Waals surface area contributed by atoms with Crippen molar-refractivity contribution in [1.29, 1.82) is 0 Å². The fourth-order valence-electron chi connectivity index (χ4n) is 4.69. The van der Waals surface area contributed by atoms with Crippen LogP contribution in [-0.2, 0) is 9.59 Å². The molecule has 1 aromatic rings. The van der Waals surface area contributed by atoms with E-state index in [0.29, 0.717) is 6.07 Å². The van der Waals surface area contributed by atoms with E-state index < -0.39 is 88.3 Å². The van der Waals surface area contributed by atoms with Crippen LogP contribution in [0.2, 0.25) is 0 Å². The van der Waals surface area contributed by atoms with Crippen LogP contribution in [0.3, 0.4) is 0 Å². The number of nitrogens with zero attached hydrogens (tertiary/aromatic N) is 3. The summed E-state index contributed by atoms with van der Waals surface area (Å²) in [7, 11) is 0. The lowest BCUT2D eigenvalue weighted by molar-refractivity contribution is -0.198. The Morgan fingerprint density at radius 3 is 2.33 bits per heavy atom. The molecule has 1 saturated carbocycles. The SMILES string of the molecule is CC(=NC(C(=O)N1CC(F)(F)C[C@@H]1C)C(=S)c1cnc(NC2(C(F)(F)F)CCC2)cc1C(F)F)C(=O)NCC(C)(C)O. The van der Waals surface area contributed by atoms with Crippen molar-refractivity contribution >= 4 is 40.4 Å². The summed E-state index contributed by atoms with van der Waals surface area (Å²) < 4.78 is 97.5. The van der Waals surface area contributed by atoms with Crippen LogP contribution < -0.4 is 10.6 Å². The van der Waals surface area contributed by atoms with Gasteiger partial charge in [-0.15, -0.1) is 0 Å². The van der Waals surface area contributed by atoms with Gasteiger partial charge in [-0.25, -0.2) is 22.5 Å². The van der Waals surface area contributed by atoms with Crippen molar-refractivity contribution in [2.45, 2.75) is 95.1 Å². The Hall–Kier alpha value is -2.88. The molecular formula is C26H32F7N5O3S. The Morgan fingerprint density at radius 1 is 1.26 bits per heavy atom. The van der Waals surface area contributed by atoms with E-state index in [9.17, 15) is 45.4 Å². The number of aliphatic hydroxyl groups is 1. The molecule has 2 aliphatic rings. The number of thiocarbonyl (C=S) groups is 1. The Labute approximate surface area is 243 Å². The van der Waals surface area contributed by atoms with Crippen LogP contribution in [0, 0.1) is 0 Å². The van der Waals surface area contributed by atoms with Gasteiger partial charge in [0.15, 0.2) is 6.04 Å². The summed E-state index contributed by atoms with van der Waals surface area (Å²) in [5.74, 6) is -5.65. The zero-order chi connectivity index (χ0) is 31.8. The maximum Gasteiger partial charge on any atom is 0.411 e. The Morgan fingerprint density at radius 2 is 1.88 bits per heavy atom. The van der Waals surface area contributed by atoms with E-state index in [1.54, 1.807) is 0 Å². The molecule has 1 saturated heterocycles. The molecule has 2 heterocycles. The molecule has 1 aliphatic carbocycles. The molecule has 1 unspecified atom stereocenters. The molecule has 16 heteroatoms. The number of hydrogen-bond acceptors (Lipinski definition) is 7. The molecule has 0 bridgehead atoms. The summed E-state index contributed by atoms with van der Waals surface area (Å²) in [4.78, 5) is 34.2. The van der Waals surface area contributed by atoms with Crippen LogP contribution in [0.25, 0.3) is 0 Å². The lowest BCUT2D eigenvalue weighted by Crippen LogP contribution is -2.57. The van der Waals surface area contributed by atoms with Crippen molar-refractivity contribution in [2.24, 2.45) is 4.99 Å². The van der Waals surface area contributed by atoms with Gasteiger partial charge in [-0.1, -0.05) is 12.2 Å². The van der Waals surface area contributed by atoms with Crippen LogP contribution in [0.15, 0.2) is 17.3 Å². The topological polar surface area (TPSA) is 107 Å². The highest BCUT2D eigenvalue weighted by Gasteiger charge is 2.58. The molecule has 1 aliphatic heterocycles. The van der Waals surface area contributed by atoms with Crippen molar-refractivity contribution in [3.63, 3.8) is 0 Å². The number of nitrogens with one attached hydrogen (secondary N) is 2. The van der Waals surface area contributed by atoms with Crippen LogP contribution in [0.4, 0.5) is 36.6 Å². The van der Waals surface area contributed by atoms with Gasteiger partial charge in [0, 0.05) is 36.3 Å². The van der Waals surface area contributed by atoms with E-state index in [4.69, 9.17) is 12.2 Å². The second-order valence-electron chi connectivity index (χ2n) is 11.4. The minimum Gasteiger partial charge on any atom is -0.389 e. The lowest BCUT2D eigenvalue weighted by Gasteiger charge is -2.44. The van der Waals surface area contributed by atoms with Crippen molar-refractivity contribution in [2.75, 3.05) is 18.4 Å². The van der Waals surface area contributed by atoms with E-state index in [2.05, 4.69) is 20.6 Å². The number of anilines is 1. The van der Waals surface area contributed by atoms with Gasteiger partial charge >= 0.3 is 6.18 Å². The van der Waals surface area contributed by atoms with Crippen molar-refractivity contribution in [3.8, 4) is 0 Å². The maximum absolute atomic E-state index is 14.2. The number of carbonyl (C=O) groups is 2. The number of alkyl halides is 7. The number of aliphatic imine (C=N–C) groups is 1. The first-order chi connectivity index (χ1) is 19.2. The smallest absolute Gasteiger partial charge is 0.389 e. The molecule has 0 radical (unpaired) electrons. The third kappa shape index (κ3) is 7.54. The first kappa shape index (κ1) is 33.6. The lowest BCUT2D eigenvalue weighted by atomic mass is 9.76. The quantitative estimate of drug-likeness (QED) is 0.152. The molecule has 2 fully saturated rings. The molecule has 3 N–H and O–H groups in total. The van der Waals surface area contributed by atoms with Crippen LogP contribution in [0.1, 0.15) is 70.9 Å². The summed E-state index contributed by atoms with van der Waals surface area (Å²) in [6, 6.07) is -2.17. The number of amides is 2. The average Bonchev–Trinajstić information content (AvgIpc) is 3.12. The molecule has 2 amide bonds. The van der Waals surface area contributed by atoms with E-state index in [1.165, 1.54) is 27.7 Å². The molecule has 42 heavy (non-hydrogen) atoms. The number of likely N-dealkylation sites (tertiary alicyclic amines) is 1. The molecule has 8 nitrogen and oxygen atoms in total. The predicted molar refractivity (Wildman–Crippen MR) is 144 cm³/mol. The van der Waals surface area contributed by atoms with Gasteiger partial charge < -0.3 is 20.6 Å². The fourth-order valence-corrected chi connectivity index (χ4v) is 5.02. The second-order valence-corrected chi connectivity index (χ2v) is 11.8. The molecule has 2 atom stereocenters. The number of rotatable bonds is 10. The number of hydrogen-bond donors (Lipinski definition) is 3. The Bertz CT molecular complexity index is 1250. The third-order valence-corrected chi connectivity index (χ3v) is 7.62. The first-order valence-electron chi connectivity index (χ1n) is 13.1. The Kier molecular flexibility index (Phi) is 9.62.